The number of aryl methyl sites for hydroxylation is 1. The highest BCUT2D eigenvalue weighted by Crippen LogP contribution is 2.40. The number of nitrogens with one attached hydrogen (secondary N) is 4. The highest BCUT2D eigenvalue weighted by molar-refractivity contribution is 5.87. The van der Waals surface area contributed by atoms with Gasteiger partial charge in [0, 0.05) is 18.2 Å². The number of benzene rings is 2. The molecular weight excluding hydrogens is 785 g/mol. The molecule has 0 bridgehead atoms. The first-order valence-corrected chi connectivity index (χ1v) is 22.4. The predicted molar refractivity (Wildman–Crippen MR) is 240 cm³/mol. The molecule has 0 saturated carbocycles. The van der Waals surface area contributed by atoms with E-state index in [1.807, 2.05) is 63.7 Å². The minimum Gasteiger partial charge on any atom is -0.453 e. The molecule has 6 atom stereocenters. The standard InChI is InChI=1S/C48H66N8O6/c1-11-29(8)56(46(58)42(28(6)7)54-48(60)62-10)39(13-3)43-49-24-37(51-43)32-19-17-31(18-20-32)36-23-34(22-33-15-14-16-35(33)36)38-25-50-44(52-38)40-21-30(12-2)26-55(40)45(57)41(27(4)5)53-47(59)61-9/h17-20,22-25,27-30,39-42H,11-16,21,26H2,1-10H3,(H,49,51)(H,50,52)(H,53,59)(H,54,60)/t29?,30?,39-,40-,41-,42-/m0/s1. The Labute approximate surface area is 366 Å². The molecule has 1 fully saturated rings. The van der Waals surface area contributed by atoms with Crippen LogP contribution in [0.2, 0.25) is 0 Å². The lowest BCUT2D eigenvalue weighted by Crippen LogP contribution is -2.54. The molecule has 2 unspecified atom stereocenters. The van der Waals surface area contributed by atoms with Crippen molar-refractivity contribution in [3.8, 4) is 33.6 Å². The van der Waals surface area contributed by atoms with Crippen LogP contribution in [0.25, 0.3) is 33.6 Å². The number of rotatable bonds is 16. The van der Waals surface area contributed by atoms with E-state index in [2.05, 4.69) is 70.8 Å². The number of H-pyrrole nitrogens is 2. The van der Waals surface area contributed by atoms with Crippen LogP contribution in [0.3, 0.4) is 0 Å². The van der Waals surface area contributed by atoms with Crippen molar-refractivity contribution in [2.24, 2.45) is 17.8 Å². The van der Waals surface area contributed by atoms with Crippen molar-refractivity contribution in [3.63, 3.8) is 0 Å². The number of carbonyl (C=O) groups excluding carboxylic acids is 4. The molecular formula is C48H66N8O6. The maximum absolute atomic E-state index is 14.1. The molecule has 1 aliphatic heterocycles. The third-order valence-electron chi connectivity index (χ3n) is 12.9. The van der Waals surface area contributed by atoms with E-state index >= 15 is 0 Å². The summed E-state index contributed by atoms with van der Waals surface area (Å²) in [5.41, 5.74) is 8.77. The topological polar surface area (TPSA) is 175 Å². The zero-order chi connectivity index (χ0) is 44.8. The lowest BCUT2D eigenvalue weighted by Gasteiger charge is -2.38. The predicted octanol–water partition coefficient (Wildman–Crippen LogP) is 8.76. The van der Waals surface area contributed by atoms with Crippen LogP contribution < -0.4 is 10.6 Å². The maximum atomic E-state index is 14.1. The van der Waals surface area contributed by atoms with Crippen molar-refractivity contribution in [1.82, 2.24) is 40.4 Å². The number of alkyl carbamates (subject to hydrolysis) is 2. The van der Waals surface area contributed by atoms with Gasteiger partial charge in [-0.15, -0.1) is 0 Å². The molecule has 0 spiro atoms. The number of hydrogen-bond acceptors (Lipinski definition) is 8. The van der Waals surface area contributed by atoms with Crippen molar-refractivity contribution in [2.45, 2.75) is 131 Å². The van der Waals surface area contributed by atoms with E-state index in [-0.39, 0.29) is 41.8 Å². The number of aromatic amines is 2. The van der Waals surface area contributed by atoms with E-state index in [4.69, 9.17) is 19.4 Å². The van der Waals surface area contributed by atoms with Gasteiger partial charge in [-0.2, -0.15) is 0 Å². The van der Waals surface area contributed by atoms with Crippen molar-refractivity contribution in [1.29, 1.82) is 0 Å². The monoisotopic (exact) mass is 851 g/mol. The second kappa shape index (κ2) is 20.0. The Bertz CT molecular complexity index is 2190. The summed E-state index contributed by atoms with van der Waals surface area (Å²) < 4.78 is 9.69. The zero-order valence-corrected chi connectivity index (χ0v) is 38.1. The van der Waals surface area contributed by atoms with Crippen LogP contribution >= 0.6 is 0 Å². The number of methoxy groups -OCH3 is 2. The van der Waals surface area contributed by atoms with Crippen LogP contribution in [0.5, 0.6) is 0 Å². The molecule has 14 heteroatoms. The second-order valence-electron chi connectivity index (χ2n) is 17.6. The van der Waals surface area contributed by atoms with E-state index in [1.165, 1.54) is 30.9 Å². The summed E-state index contributed by atoms with van der Waals surface area (Å²) in [6.45, 7) is 16.5. The molecule has 4 aromatic rings. The van der Waals surface area contributed by atoms with Crippen molar-refractivity contribution in [2.75, 3.05) is 20.8 Å². The summed E-state index contributed by atoms with van der Waals surface area (Å²) in [6, 6.07) is 10.9. The van der Waals surface area contributed by atoms with Gasteiger partial charge in [-0.25, -0.2) is 19.6 Å². The molecule has 0 radical (unpaired) electrons. The first-order chi connectivity index (χ1) is 29.7. The van der Waals surface area contributed by atoms with E-state index in [0.29, 0.717) is 24.7 Å². The molecule has 4 N–H and O–H groups in total. The number of likely N-dealkylation sites (tertiary alicyclic amines) is 1. The van der Waals surface area contributed by atoms with Gasteiger partial charge in [0.15, 0.2) is 0 Å². The number of imidazole rings is 2. The molecule has 2 aliphatic rings. The Morgan fingerprint density at radius 2 is 1.44 bits per heavy atom. The van der Waals surface area contributed by atoms with Gasteiger partial charge in [0.25, 0.3) is 0 Å². The molecule has 3 heterocycles. The SMILES string of the molecule is CCC1C[C@@H](c2ncc(-c3cc4c(c(-c5ccc(-c6cnc([C@H](CC)N(C(=O)[C@@H](NC(=O)OC)C(C)C)C(C)CC)[nH]6)cc5)c3)CCC4)[nH]2)N(C(=O)[C@@H](NC(=O)OC)C(C)C)C1. The number of hydrogen-bond donors (Lipinski definition) is 4. The van der Waals surface area contributed by atoms with Gasteiger partial charge in [-0.05, 0) is 103 Å². The van der Waals surface area contributed by atoms with Crippen LogP contribution in [0.4, 0.5) is 9.59 Å². The molecule has 4 amide bonds. The Kier molecular flexibility index (Phi) is 14.8. The van der Waals surface area contributed by atoms with Crippen molar-refractivity contribution < 1.29 is 28.7 Å². The van der Waals surface area contributed by atoms with Gasteiger partial charge in [0.2, 0.25) is 11.8 Å². The van der Waals surface area contributed by atoms with Crippen LogP contribution in [-0.2, 0) is 31.9 Å². The molecule has 2 aromatic carbocycles. The fourth-order valence-corrected chi connectivity index (χ4v) is 9.11. The second-order valence-corrected chi connectivity index (χ2v) is 17.6. The number of carbonyl (C=O) groups is 4. The third kappa shape index (κ3) is 9.69. The third-order valence-corrected chi connectivity index (χ3v) is 12.9. The minimum atomic E-state index is -0.745. The first kappa shape index (κ1) is 45.9. The fraction of sp³-hybridized carbons (Fsp3) is 0.542. The lowest BCUT2D eigenvalue weighted by molar-refractivity contribution is -0.140. The number of amides is 4. The Morgan fingerprint density at radius 3 is 2.05 bits per heavy atom. The van der Waals surface area contributed by atoms with E-state index in [0.717, 1.165) is 72.4 Å². The van der Waals surface area contributed by atoms with Gasteiger partial charge < -0.3 is 39.9 Å². The average Bonchev–Trinajstić information content (AvgIpc) is 4.12. The van der Waals surface area contributed by atoms with Gasteiger partial charge in [-0.1, -0.05) is 79.2 Å². The fourth-order valence-electron chi connectivity index (χ4n) is 9.11. The maximum Gasteiger partial charge on any atom is 0.407 e. The smallest absolute Gasteiger partial charge is 0.407 e. The summed E-state index contributed by atoms with van der Waals surface area (Å²) in [5.74, 6) is 1.20. The van der Waals surface area contributed by atoms with Crippen molar-refractivity contribution in [3.05, 3.63) is 71.6 Å². The number of ether oxygens (including phenoxy) is 2. The molecule has 2 aromatic heterocycles. The lowest BCUT2D eigenvalue weighted by atomic mass is 9.93. The molecule has 62 heavy (non-hydrogen) atoms. The van der Waals surface area contributed by atoms with Crippen LogP contribution in [0.15, 0.2) is 48.8 Å². The summed E-state index contributed by atoms with van der Waals surface area (Å²) in [4.78, 5) is 73.1. The summed E-state index contributed by atoms with van der Waals surface area (Å²) in [6.07, 6.45) is 8.65. The Hall–Kier alpha value is -5.66. The summed E-state index contributed by atoms with van der Waals surface area (Å²) in [7, 11) is 2.60. The molecule has 1 aliphatic carbocycles. The first-order valence-electron chi connectivity index (χ1n) is 22.4. The van der Waals surface area contributed by atoms with E-state index in [1.54, 1.807) is 0 Å². The number of nitrogens with zero attached hydrogens (tertiary/aromatic N) is 4. The van der Waals surface area contributed by atoms with Gasteiger partial charge in [0.1, 0.15) is 23.7 Å². The molecule has 14 nitrogen and oxygen atoms in total. The summed E-state index contributed by atoms with van der Waals surface area (Å²) in [5, 5.41) is 5.51. The molecule has 334 valence electrons. The van der Waals surface area contributed by atoms with Gasteiger partial charge in [-0.3, -0.25) is 9.59 Å². The number of fused-ring (bicyclic) bond motifs is 1. The molecule has 6 rings (SSSR count). The van der Waals surface area contributed by atoms with Crippen LogP contribution in [0, 0.1) is 17.8 Å². The van der Waals surface area contributed by atoms with Gasteiger partial charge >= 0.3 is 12.2 Å². The van der Waals surface area contributed by atoms with Crippen LogP contribution in [0.1, 0.15) is 122 Å². The Balaban J connectivity index is 1.25. The zero-order valence-electron chi connectivity index (χ0n) is 38.1. The highest BCUT2D eigenvalue weighted by atomic mass is 16.5. The quantitative estimate of drug-likeness (QED) is 0.0866. The van der Waals surface area contributed by atoms with E-state index in [9.17, 15) is 19.2 Å². The largest absolute Gasteiger partial charge is 0.453 e. The average molecular weight is 851 g/mol. The molecule has 1 saturated heterocycles. The van der Waals surface area contributed by atoms with Crippen molar-refractivity contribution >= 4 is 24.0 Å². The minimum absolute atomic E-state index is 0.0961. The highest BCUT2D eigenvalue weighted by Gasteiger charge is 2.41. The normalized spacial score (nSPS) is 18.0. The number of aromatic nitrogens is 4. The van der Waals surface area contributed by atoms with E-state index < -0.39 is 24.3 Å². The van der Waals surface area contributed by atoms with Gasteiger partial charge in [0.05, 0.1) is 50.1 Å². The summed E-state index contributed by atoms with van der Waals surface area (Å²) >= 11 is 0. The van der Waals surface area contributed by atoms with Crippen LogP contribution in [-0.4, -0.2) is 92.6 Å². The Morgan fingerprint density at radius 1 is 0.806 bits per heavy atom.